The molecule has 102 valence electrons. The summed E-state index contributed by atoms with van der Waals surface area (Å²) in [5.41, 5.74) is 5.39. The fraction of sp³-hybridized carbons (Fsp3) is 0.933. The molecule has 0 aromatic heterocycles. The third-order valence-corrected chi connectivity index (χ3v) is 3.22. The Morgan fingerprint density at radius 1 is 0.765 bits per heavy atom. The first-order chi connectivity index (χ1) is 8.31. The molecule has 0 aliphatic heterocycles. The Morgan fingerprint density at radius 3 is 1.76 bits per heavy atom. The third-order valence-electron chi connectivity index (χ3n) is 3.22. The summed E-state index contributed by atoms with van der Waals surface area (Å²) in [6, 6.07) is 0. The first-order valence-electron chi connectivity index (χ1n) is 7.53. The van der Waals surface area contributed by atoms with Gasteiger partial charge in [0, 0.05) is 12.8 Å². The first-order valence-corrected chi connectivity index (χ1v) is 7.53. The van der Waals surface area contributed by atoms with E-state index in [4.69, 9.17) is 5.73 Å². The SMILES string of the molecule is CCCCCCCCCCC(=O)CCCCN. The van der Waals surface area contributed by atoms with Gasteiger partial charge in [0.25, 0.3) is 0 Å². The minimum absolute atomic E-state index is 0.435. The molecule has 0 aliphatic rings. The largest absolute Gasteiger partial charge is 0.330 e. The van der Waals surface area contributed by atoms with Gasteiger partial charge in [-0.1, -0.05) is 51.9 Å². The summed E-state index contributed by atoms with van der Waals surface area (Å²) in [5.74, 6) is 0.435. The molecule has 2 nitrogen and oxygen atoms in total. The van der Waals surface area contributed by atoms with Crippen molar-refractivity contribution in [2.24, 2.45) is 5.73 Å². The van der Waals surface area contributed by atoms with Crippen molar-refractivity contribution in [1.82, 2.24) is 0 Å². The summed E-state index contributed by atoms with van der Waals surface area (Å²) >= 11 is 0. The van der Waals surface area contributed by atoms with Crippen LogP contribution in [0.5, 0.6) is 0 Å². The van der Waals surface area contributed by atoms with E-state index in [0.717, 1.165) is 32.1 Å². The van der Waals surface area contributed by atoms with Crippen LogP contribution in [0.25, 0.3) is 0 Å². The summed E-state index contributed by atoms with van der Waals surface area (Å²) in [6.07, 6.45) is 13.9. The van der Waals surface area contributed by atoms with Gasteiger partial charge in [-0.2, -0.15) is 0 Å². The zero-order valence-electron chi connectivity index (χ0n) is 11.7. The average molecular weight is 241 g/mol. The van der Waals surface area contributed by atoms with E-state index < -0.39 is 0 Å². The second kappa shape index (κ2) is 13.7. The molecule has 0 saturated heterocycles. The third kappa shape index (κ3) is 13.6. The van der Waals surface area contributed by atoms with Gasteiger partial charge in [-0.3, -0.25) is 4.79 Å². The summed E-state index contributed by atoms with van der Waals surface area (Å²) < 4.78 is 0. The van der Waals surface area contributed by atoms with E-state index in [1.54, 1.807) is 0 Å². The number of hydrogen-bond donors (Lipinski definition) is 1. The van der Waals surface area contributed by atoms with Crippen molar-refractivity contribution in [1.29, 1.82) is 0 Å². The lowest BCUT2D eigenvalue weighted by Crippen LogP contribution is -2.02. The molecule has 2 N–H and O–H groups in total. The van der Waals surface area contributed by atoms with Gasteiger partial charge >= 0.3 is 0 Å². The van der Waals surface area contributed by atoms with Crippen molar-refractivity contribution in [3.63, 3.8) is 0 Å². The second-order valence-electron chi connectivity index (χ2n) is 5.01. The monoisotopic (exact) mass is 241 g/mol. The molecule has 0 unspecified atom stereocenters. The highest BCUT2D eigenvalue weighted by Gasteiger charge is 2.01. The van der Waals surface area contributed by atoms with Crippen molar-refractivity contribution in [2.75, 3.05) is 6.54 Å². The molecule has 0 amide bonds. The molecule has 0 fully saturated rings. The summed E-state index contributed by atoms with van der Waals surface area (Å²) in [7, 11) is 0. The number of hydrogen-bond acceptors (Lipinski definition) is 2. The number of nitrogens with two attached hydrogens (primary N) is 1. The molecule has 17 heavy (non-hydrogen) atoms. The lowest BCUT2D eigenvalue weighted by Gasteiger charge is -2.02. The van der Waals surface area contributed by atoms with Gasteiger partial charge in [-0.05, 0) is 25.8 Å². The number of rotatable bonds is 13. The number of unbranched alkanes of at least 4 members (excludes halogenated alkanes) is 8. The molecule has 0 aromatic rings. The molecular weight excluding hydrogens is 210 g/mol. The van der Waals surface area contributed by atoms with Crippen LogP contribution in [0.1, 0.15) is 84.0 Å². The number of carbonyl (C=O) groups is 1. The Balaban J connectivity index is 3.08. The van der Waals surface area contributed by atoms with Crippen LogP contribution in [0.15, 0.2) is 0 Å². The predicted octanol–water partition coefficient (Wildman–Crippen LogP) is 4.22. The fourth-order valence-corrected chi connectivity index (χ4v) is 2.05. The molecule has 0 aliphatic carbocycles. The molecule has 0 saturated carbocycles. The van der Waals surface area contributed by atoms with Crippen LogP contribution < -0.4 is 5.73 Å². The van der Waals surface area contributed by atoms with Gasteiger partial charge in [0.15, 0.2) is 0 Å². The Bertz CT molecular complexity index is 168. The van der Waals surface area contributed by atoms with E-state index in [-0.39, 0.29) is 0 Å². The van der Waals surface area contributed by atoms with E-state index in [1.807, 2.05) is 0 Å². The molecule has 2 heteroatoms. The highest BCUT2D eigenvalue weighted by molar-refractivity contribution is 5.78. The van der Waals surface area contributed by atoms with Crippen LogP contribution in [-0.2, 0) is 4.79 Å². The smallest absolute Gasteiger partial charge is 0.132 e. The average Bonchev–Trinajstić information content (AvgIpc) is 2.33. The second-order valence-corrected chi connectivity index (χ2v) is 5.01. The van der Waals surface area contributed by atoms with E-state index in [1.165, 1.54) is 44.9 Å². The van der Waals surface area contributed by atoms with Crippen LogP contribution >= 0.6 is 0 Å². The van der Waals surface area contributed by atoms with Crippen LogP contribution in [0.3, 0.4) is 0 Å². The van der Waals surface area contributed by atoms with Crippen molar-refractivity contribution in [3.8, 4) is 0 Å². The minimum atomic E-state index is 0.435. The van der Waals surface area contributed by atoms with E-state index >= 15 is 0 Å². The van der Waals surface area contributed by atoms with Gasteiger partial charge in [0.1, 0.15) is 5.78 Å². The quantitative estimate of drug-likeness (QED) is 0.491. The lowest BCUT2D eigenvalue weighted by molar-refractivity contribution is -0.119. The molecule has 0 rings (SSSR count). The van der Waals surface area contributed by atoms with Crippen LogP contribution in [-0.4, -0.2) is 12.3 Å². The van der Waals surface area contributed by atoms with Crippen LogP contribution in [0.4, 0.5) is 0 Å². The summed E-state index contributed by atoms with van der Waals surface area (Å²) in [5, 5.41) is 0. The minimum Gasteiger partial charge on any atom is -0.330 e. The lowest BCUT2D eigenvalue weighted by atomic mass is 10.0. The van der Waals surface area contributed by atoms with Gasteiger partial charge in [-0.15, -0.1) is 0 Å². The Kier molecular flexibility index (Phi) is 13.4. The first kappa shape index (κ1) is 16.6. The Hall–Kier alpha value is -0.370. The standard InChI is InChI=1S/C15H31NO/c1-2-3-4-5-6-7-8-9-12-15(17)13-10-11-14-16/h2-14,16H2,1H3. The number of Topliss-reactive ketones (excluding diaryl/α,β-unsaturated/α-hetero) is 1. The van der Waals surface area contributed by atoms with Crippen molar-refractivity contribution in [2.45, 2.75) is 84.0 Å². The maximum absolute atomic E-state index is 11.5. The van der Waals surface area contributed by atoms with E-state index in [2.05, 4.69) is 6.92 Å². The van der Waals surface area contributed by atoms with E-state index in [9.17, 15) is 4.79 Å². The normalized spacial score (nSPS) is 10.7. The van der Waals surface area contributed by atoms with Gasteiger partial charge in [0.2, 0.25) is 0 Å². The maximum Gasteiger partial charge on any atom is 0.132 e. The summed E-state index contributed by atoms with van der Waals surface area (Å²) in [4.78, 5) is 11.5. The number of ketones is 1. The highest BCUT2D eigenvalue weighted by Crippen LogP contribution is 2.10. The Morgan fingerprint density at radius 2 is 1.24 bits per heavy atom. The van der Waals surface area contributed by atoms with Crippen LogP contribution in [0.2, 0.25) is 0 Å². The topological polar surface area (TPSA) is 43.1 Å². The van der Waals surface area contributed by atoms with Gasteiger partial charge in [0.05, 0.1) is 0 Å². The molecule has 0 radical (unpaired) electrons. The molecule has 0 atom stereocenters. The molecule has 0 spiro atoms. The zero-order chi connectivity index (χ0) is 12.8. The fourth-order valence-electron chi connectivity index (χ4n) is 2.05. The summed E-state index contributed by atoms with van der Waals surface area (Å²) in [6.45, 7) is 2.96. The molecule has 0 aromatic carbocycles. The number of carbonyl (C=O) groups excluding carboxylic acids is 1. The zero-order valence-corrected chi connectivity index (χ0v) is 11.7. The maximum atomic E-state index is 11.5. The highest BCUT2D eigenvalue weighted by atomic mass is 16.1. The van der Waals surface area contributed by atoms with Crippen molar-refractivity contribution in [3.05, 3.63) is 0 Å². The van der Waals surface area contributed by atoms with Crippen molar-refractivity contribution >= 4 is 5.78 Å². The van der Waals surface area contributed by atoms with Gasteiger partial charge < -0.3 is 5.73 Å². The van der Waals surface area contributed by atoms with Crippen LogP contribution in [0, 0.1) is 0 Å². The van der Waals surface area contributed by atoms with Gasteiger partial charge in [-0.25, -0.2) is 0 Å². The predicted molar refractivity (Wildman–Crippen MR) is 75.1 cm³/mol. The Labute approximate surface area is 107 Å². The molecule has 0 bridgehead atoms. The molecular formula is C15H31NO. The molecule has 0 heterocycles. The van der Waals surface area contributed by atoms with E-state index in [0.29, 0.717) is 12.3 Å². The van der Waals surface area contributed by atoms with Crippen molar-refractivity contribution < 1.29 is 4.79 Å².